The molecule has 0 N–H and O–H groups in total. The van der Waals surface area contributed by atoms with Crippen molar-refractivity contribution >= 4 is 23.6 Å². The van der Waals surface area contributed by atoms with Crippen molar-refractivity contribution in [1.29, 1.82) is 0 Å². The van der Waals surface area contributed by atoms with Gasteiger partial charge in [-0.3, -0.25) is 29.0 Å². The highest BCUT2D eigenvalue weighted by Gasteiger charge is 2.52. The summed E-state index contributed by atoms with van der Waals surface area (Å²) in [4.78, 5) is 53.5. The number of carbonyl (C=O) groups excluding carboxylic acids is 4. The molecule has 2 saturated carbocycles. The van der Waals surface area contributed by atoms with Crippen molar-refractivity contribution in [3.8, 4) is 11.1 Å². The van der Waals surface area contributed by atoms with E-state index in [0.717, 1.165) is 22.4 Å². The van der Waals surface area contributed by atoms with Crippen LogP contribution >= 0.6 is 0 Å². The van der Waals surface area contributed by atoms with Gasteiger partial charge in [0.15, 0.2) is 0 Å². The number of carbonyl (C=O) groups is 4. The highest BCUT2D eigenvalue weighted by molar-refractivity contribution is 6.22. The summed E-state index contributed by atoms with van der Waals surface area (Å²) in [6.07, 6.45) is 4.71. The number of imide groups is 2. The first-order chi connectivity index (χ1) is 16.2. The molecule has 6 rings (SSSR count). The Balaban J connectivity index is 1.25. The molecule has 0 aromatic heterocycles. The zero-order chi connectivity index (χ0) is 23.9. The lowest BCUT2D eigenvalue weighted by molar-refractivity contribution is 0.0577. The minimum Gasteiger partial charge on any atom is -0.277 e. The van der Waals surface area contributed by atoms with E-state index in [1.54, 1.807) is 30.3 Å². The van der Waals surface area contributed by atoms with E-state index < -0.39 is 0 Å². The molecular formula is C28H28N2O4. The Hall–Kier alpha value is -3.28. The lowest BCUT2D eigenvalue weighted by Gasteiger charge is -2.37. The Morgan fingerprint density at radius 2 is 1.38 bits per heavy atom. The maximum Gasteiger partial charge on any atom is 0.261 e. The molecule has 0 radical (unpaired) electrons. The molecule has 6 nitrogen and oxygen atoms in total. The molecule has 0 spiro atoms. The Labute approximate surface area is 198 Å². The molecule has 2 heterocycles. The highest BCUT2D eigenvalue weighted by Crippen LogP contribution is 2.59. The molecule has 2 aromatic carbocycles. The van der Waals surface area contributed by atoms with Crippen LogP contribution in [0.4, 0.5) is 0 Å². The van der Waals surface area contributed by atoms with Gasteiger partial charge in [0.05, 0.1) is 22.3 Å². The molecule has 2 aliphatic carbocycles. The highest BCUT2D eigenvalue weighted by atomic mass is 16.2. The van der Waals surface area contributed by atoms with Gasteiger partial charge in [-0.2, -0.15) is 0 Å². The van der Waals surface area contributed by atoms with Crippen molar-refractivity contribution in [2.75, 3.05) is 13.6 Å². The monoisotopic (exact) mass is 456 g/mol. The van der Waals surface area contributed by atoms with Crippen molar-refractivity contribution in [2.24, 2.45) is 23.2 Å². The third-order valence-corrected chi connectivity index (χ3v) is 9.17. The molecule has 2 aromatic rings. The summed E-state index contributed by atoms with van der Waals surface area (Å²) in [5.74, 6) is 0.618. The van der Waals surface area contributed by atoms with Gasteiger partial charge in [-0.15, -0.1) is 0 Å². The van der Waals surface area contributed by atoms with Gasteiger partial charge in [0.2, 0.25) is 0 Å². The van der Waals surface area contributed by atoms with Crippen molar-refractivity contribution in [3.05, 3.63) is 58.7 Å². The van der Waals surface area contributed by atoms with Crippen LogP contribution < -0.4 is 0 Å². The van der Waals surface area contributed by atoms with Gasteiger partial charge in [0.1, 0.15) is 0 Å². The largest absolute Gasteiger partial charge is 0.277 e. The first-order valence-corrected chi connectivity index (χ1v) is 12.2. The summed E-state index contributed by atoms with van der Waals surface area (Å²) in [5, 5.41) is 0. The minimum atomic E-state index is -0.328. The van der Waals surface area contributed by atoms with Gasteiger partial charge in [-0.05, 0) is 77.8 Å². The zero-order valence-corrected chi connectivity index (χ0v) is 19.8. The van der Waals surface area contributed by atoms with E-state index in [1.807, 2.05) is 6.07 Å². The van der Waals surface area contributed by atoms with Crippen molar-refractivity contribution in [2.45, 2.75) is 39.5 Å². The summed E-state index contributed by atoms with van der Waals surface area (Å²) in [5.41, 5.74) is 3.52. The number of benzene rings is 2. The minimum absolute atomic E-state index is 0.205. The molecule has 6 heteroatoms. The van der Waals surface area contributed by atoms with E-state index in [9.17, 15) is 19.2 Å². The number of amides is 4. The maximum atomic E-state index is 13.3. The topological polar surface area (TPSA) is 74.8 Å². The number of fused-ring (bicyclic) bond motifs is 4. The van der Waals surface area contributed by atoms with Crippen LogP contribution in [-0.2, 0) is 0 Å². The molecule has 2 aliphatic heterocycles. The van der Waals surface area contributed by atoms with Crippen LogP contribution in [0.15, 0.2) is 36.4 Å². The predicted molar refractivity (Wildman–Crippen MR) is 126 cm³/mol. The second-order valence-corrected chi connectivity index (χ2v) is 10.8. The van der Waals surface area contributed by atoms with E-state index in [-0.39, 0.29) is 23.6 Å². The van der Waals surface area contributed by atoms with Gasteiger partial charge in [-0.1, -0.05) is 32.4 Å². The van der Waals surface area contributed by atoms with E-state index in [0.29, 0.717) is 52.0 Å². The van der Waals surface area contributed by atoms with Gasteiger partial charge in [0.25, 0.3) is 23.6 Å². The lowest BCUT2D eigenvalue weighted by atomic mass is 9.70. The predicted octanol–water partition coefficient (Wildman–Crippen LogP) is 4.64. The van der Waals surface area contributed by atoms with E-state index in [4.69, 9.17) is 0 Å². The maximum absolute atomic E-state index is 13.3. The molecule has 34 heavy (non-hydrogen) atoms. The molecule has 2 fully saturated rings. The van der Waals surface area contributed by atoms with Crippen molar-refractivity contribution < 1.29 is 19.2 Å². The Kier molecular flexibility index (Phi) is 4.45. The molecule has 0 saturated heterocycles. The quantitative estimate of drug-likeness (QED) is 0.629. The number of hydrogen-bond donors (Lipinski definition) is 0. The second kappa shape index (κ2) is 7.11. The van der Waals surface area contributed by atoms with E-state index >= 15 is 0 Å². The number of nitrogens with zero attached hydrogens (tertiary/aromatic N) is 2. The van der Waals surface area contributed by atoms with Crippen LogP contribution in [0.25, 0.3) is 11.1 Å². The molecule has 2 bridgehead atoms. The third kappa shape index (κ3) is 2.80. The van der Waals surface area contributed by atoms with Gasteiger partial charge in [-0.25, -0.2) is 0 Å². The standard InChI is InChI=1S/C28H28N2O4/c1-4-28(2)13-17-9-19(28)10-18(17)14-30-26(33)21-8-6-16(12-23(21)27(30)34)15-5-7-20-22(11-15)25(32)29(3)24(20)31/h5-8,11-12,17-19H,4,9-10,13-14H2,1-3H3. The van der Waals surface area contributed by atoms with Crippen LogP contribution in [-0.4, -0.2) is 47.0 Å². The van der Waals surface area contributed by atoms with Crippen molar-refractivity contribution in [3.63, 3.8) is 0 Å². The van der Waals surface area contributed by atoms with Gasteiger partial charge >= 0.3 is 0 Å². The summed E-state index contributed by atoms with van der Waals surface area (Å²) in [7, 11) is 1.47. The second-order valence-electron chi connectivity index (χ2n) is 10.8. The van der Waals surface area contributed by atoms with Crippen LogP contribution in [0, 0.1) is 23.2 Å². The first kappa shape index (κ1) is 21.3. The molecule has 4 amide bonds. The molecule has 4 aliphatic rings. The Morgan fingerprint density at radius 1 is 0.824 bits per heavy atom. The first-order valence-electron chi connectivity index (χ1n) is 12.2. The molecule has 174 valence electrons. The SMILES string of the molecule is CCC1(C)CC2CC1CC2CN1C(=O)c2ccc(-c3ccc4c(c3)C(=O)N(C)C4=O)cc2C1=O. The fraction of sp³-hybridized carbons (Fsp3) is 0.429. The molecule has 4 unspecified atom stereocenters. The summed E-state index contributed by atoms with van der Waals surface area (Å²) in [6, 6.07) is 10.4. The average molecular weight is 457 g/mol. The Morgan fingerprint density at radius 3 is 1.97 bits per heavy atom. The third-order valence-electron chi connectivity index (χ3n) is 9.17. The normalized spacial score (nSPS) is 29.4. The zero-order valence-electron chi connectivity index (χ0n) is 19.8. The molecular weight excluding hydrogens is 428 g/mol. The van der Waals surface area contributed by atoms with Crippen LogP contribution in [0.1, 0.15) is 81.0 Å². The van der Waals surface area contributed by atoms with Crippen LogP contribution in [0.2, 0.25) is 0 Å². The summed E-state index contributed by atoms with van der Waals surface area (Å²) < 4.78 is 0. The van der Waals surface area contributed by atoms with Gasteiger partial charge < -0.3 is 0 Å². The average Bonchev–Trinajstić information content (AvgIpc) is 3.53. The summed E-state index contributed by atoms with van der Waals surface area (Å²) in [6.45, 7) is 5.16. The van der Waals surface area contributed by atoms with Gasteiger partial charge in [0, 0.05) is 13.6 Å². The summed E-state index contributed by atoms with van der Waals surface area (Å²) >= 11 is 0. The van der Waals surface area contributed by atoms with Crippen LogP contribution in [0.5, 0.6) is 0 Å². The fourth-order valence-electron chi connectivity index (χ4n) is 6.86. The smallest absolute Gasteiger partial charge is 0.261 e. The number of hydrogen-bond acceptors (Lipinski definition) is 4. The molecule has 4 atom stereocenters. The number of rotatable bonds is 4. The van der Waals surface area contributed by atoms with E-state index in [2.05, 4.69) is 13.8 Å². The fourth-order valence-corrected chi connectivity index (χ4v) is 6.86. The Bertz CT molecular complexity index is 1300. The van der Waals surface area contributed by atoms with E-state index in [1.165, 1.54) is 31.2 Å². The van der Waals surface area contributed by atoms with Crippen LogP contribution in [0.3, 0.4) is 0 Å². The lowest BCUT2D eigenvalue weighted by Crippen LogP contribution is -2.38. The van der Waals surface area contributed by atoms with Crippen molar-refractivity contribution in [1.82, 2.24) is 9.80 Å².